The van der Waals surface area contributed by atoms with Gasteiger partial charge in [-0.15, -0.1) is 6.58 Å². The van der Waals surface area contributed by atoms with Gasteiger partial charge in [0, 0.05) is 13.7 Å². The normalized spacial score (nSPS) is 32.5. The van der Waals surface area contributed by atoms with Gasteiger partial charge in [0.2, 0.25) is 0 Å². The molecule has 0 saturated heterocycles. The number of hydrogen-bond donors (Lipinski definition) is 0. The van der Waals surface area contributed by atoms with Gasteiger partial charge >= 0.3 is 0 Å². The summed E-state index contributed by atoms with van der Waals surface area (Å²) in [6.45, 7) is 4.73. The second kappa shape index (κ2) is 3.77. The van der Waals surface area contributed by atoms with Crippen molar-refractivity contribution in [2.75, 3.05) is 13.7 Å². The summed E-state index contributed by atoms with van der Waals surface area (Å²) in [7, 11) is 1.78. The summed E-state index contributed by atoms with van der Waals surface area (Å²) in [4.78, 5) is 0. The van der Waals surface area contributed by atoms with Gasteiger partial charge in [0.1, 0.15) is 0 Å². The predicted molar refractivity (Wildman–Crippen MR) is 42.9 cm³/mol. The molecule has 0 amide bonds. The number of hydrogen-bond acceptors (Lipinski definition) is 1. The molecule has 1 aliphatic carbocycles. The summed E-state index contributed by atoms with van der Waals surface area (Å²) >= 11 is 0. The van der Waals surface area contributed by atoms with Crippen LogP contribution in [-0.2, 0) is 4.74 Å². The van der Waals surface area contributed by atoms with E-state index >= 15 is 0 Å². The monoisotopic (exact) mass is 140 g/mol. The van der Waals surface area contributed by atoms with E-state index in [1.54, 1.807) is 7.11 Å². The predicted octanol–water partition coefficient (Wildman–Crippen LogP) is 2.24. The molecule has 2 atom stereocenters. The molecular formula is C9H16O. The molecule has 1 aliphatic rings. The fraction of sp³-hybridized carbons (Fsp3) is 0.778. The Labute approximate surface area is 63.1 Å². The lowest BCUT2D eigenvalue weighted by Crippen LogP contribution is -2.11. The maximum absolute atomic E-state index is 5.11. The van der Waals surface area contributed by atoms with Crippen LogP contribution in [0.1, 0.15) is 19.3 Å². The Balaban J connectivity index is 2.34. The van der Waals surface area contributed by atoms with Gasteiger partial charge in [0.25, 0.3) is 0 Å². The van der Waals surface area contributed by atoms with Crippen LogP contribution < -0.4 is 0 Å². The highest BCUT2D eigenvalue weighted by atomic mass is 16.5. The highest BCUT2D eigenvalue weighted by Gasteiger charge is 2.23. The Morgan fingerprint density at radius 2 is 2.40 bits per heavy atom. The van der Waals surface area contributed by atoms with Crippen LogP contribution in [0.3, 0.4) is 0 Å². The Morgan fingerprint density at radius 1 is 1.60 bits per heavy atom. The van der Waals surface area contributed by atoms with Crippen molar-refractivity contribution in [1.82, 2.24) is 0 Å². The van der Waals surface area contributed by atoms with Crippen molar-refractivity contribution in [3.8, 4) is 0 Å². The lowest BCUT2D eigenvalue weighted by Gasteiger charge is -2.13. The van der Waals surface area contributed by atoms with Gasteiger partial charge in [-0.2, -0.15) is 0 Å². The molecular weight excluding hydrogens is 124 g/mol. The van der Waals surface area contributed by atoms with Gasteiger partial charge in [-0.25, -0.2) is 0 Å². The maximum Gasteiger partial charge on any atom is 0.0496 e. The van der Waals surface area contributed by atoms with Crippen LogP contribution in [0.4, 0.5) is 0 Å². The number of ether oxygens (including phenoxy) is 1. The summed E-state index contributed by atoms with van der Waals surface area (Å²) in [5.74, 6) is 1.47. The van der Waals surface area contributed by atoms with Gasteiger partial charge in [-0.3, -0.25) is 0 Å². The Bertz CT molecular complexity index is 109. The molecule has 1 rings (SSSR count). The zero-order valence-corrected chi connectivity index (χ0v) is 6.68. The topological polar surface area (TPSA) is 9.23 Å². The third-order valence-corrected chi connectivity index (χ3v) is 2.40. The molecule has 0 aromatic heterocycles. The van der Waals surface area contributed by atoms with E-state index in [-0.39, 0.29) is 0 Å². The standard InChI is InChI=1S/C9H16O/c1-3-8-5-4-6-9(8)7-10-2/h3,8-9H,1,4-7H2,2H3/t8-,9+/m1/s1. The van der Waals surface area contributed by atoms with Crippen molar-refractivity contribution < 1.29 is 4.74 Å². The fourth-order valence-corrected chi connectivity index (χ4v) is 1.80. The first-order chi connectivity index (χ1) is 4.88. The minimum absolute atomic E-state index is 0.722. The van der Waals surface area contributed by atoms with Crippen LogP contribution in [0.2, 0.25) is 0 Å². The van der Waals surface area contributed by atoms with E-state index in [0.29, 0.717) is 0 Å². The van der Waals surface area contributed by atoms with Gasteiger partial charge in [0.05, 0.1) is 0 Å². The smallest absolute Gasteiger partial charge is 0.0496 e. The van der Waals surface area contributed by atoms with E-state index in [9.17, 15) is 0 Å². The van der Waals surface area contributed by atoms with E-state index in [1.165, 1.54) is 19.3 Å². The summed E-state index contributed by atoms with van der Waals surface area (Å²) in [6, 6.07) is 0. The highest BCUT2D eigenvalue weighted by Crippen LogP contribution is 2.32. The lowest BCUT2D eigenvalue weighted by molar-refractivity contribution is 0.142. The van der Waals surface area contributed by atoms with Crippen LogP contribution >= 0.6 is 0 Å². The maximum atomic E-state index is 5.11. The largest absolute Gasteiger partial charge is 0.384 e. The first-order valence-electron chi connectivity index (χ1n) is 4.00. The average Bonchev–Trinajstić information content (AvgIpc) is 2.36. The molecule has 1 heteroatoms. The first-order valence-corrected chi connectivity index (χ1v) is 4.00. The molecule has 0 radical (unpaired) electrons. The molecule has 0 N–H and O–H groups in total. The van der Waals surface area contributed by atoms with Crippen molar-refractivity contribution in [2.24, 2.45) is 11.8 Å². The van der Waals surface area contributed by atoms with E-state index < -0.39 is 0 Å². The van der Waals surface area contributed by atoms with Crippen molar-refractivity contribution >= 4 is 0 Å². The number of rotatable bonds is 3. The summed E-state index contributed by atoms with van der Waals surface area (Å²) in [5.41, 5.74) is 0. The number of methoxy groups -OCH3 is 1. The highest BCUT2D eigenvalue weighted by molar-refractivity contribution is 4.88. The minimum atomic E-state index is 0.722. The van der Waals surface area contributed by atoms with Crippen LogP contribution in [-0.4, -0.2) is 13.7 Å². The SMILES string of the molecule is C=C[C@@H]1CCC[C@H]1COC. The molecule has 0 unspecified atom stereocenters. The molecule has 0 aromatic rings. The van der Waals surface area contributed by atoms with E-state index in [1.807, 2.05) is 0 Å². The van der Waals surface area contributed by atoms with Crippen molar-refractivity contribution in [3.63, 3.8) is 0 Å². The molecule has 10 heavy (non-hydrogen) atoms. The van der Waals surface area contributed by atoms with Gasteiger partial charge in [0.15, 0.2) is 0 Å². The minimum Gasteiger partial charge on any atom is -0.384 e. The summed E-state index contributed by atoms with van der Waals surface area (Å²) in [6.07, 6.45) is 6.07. The molecule has 58 valence electrons. The third-order valence-electron chi connectivity index (χ3n) is 2.40. The van der Waals surface area contributed by atoms with Gasteiger partial charge in [-0.05, 0) is 24.7 Å². The third kappa shape index (κ3) is 1.60. The molecule has 0 heterocycles. The van der Waals surface area contributed by atoms with E-state index in [4.69, 9.17) is 4.74 Å². The van der Waals surface area contributed by atoms with Gasteiger partial charge in [-0.1, -0.05) is 12.5 Å². The molecule has 1 fully saturated rings. The lowest BCUT2D eigenvalue weighted by atomic mass is 9.97. The van der Waals surface area contributed by atoms with Crippen molar-refractivity contribution in [2.45, 2.75) is 19.3 Å². The first kappa shape index (κ1) is 7.80. The van der Waals surface area contributed by atoms with Crippen LogP contribution in [0.5, 0.6) is 0 Å². The average molecular weight is 140 g/mol. The molecule has 0 aromatic carbocycles. The van der Waals surface area contributed by atoms with Crippen LogP contribution in [0, 0.1) is 11.8 Å². The second-order valence-electron chi connectivity index (χ2n) is 3.05. The van der Waals surface area contributed by atoms with Crippen molar-refractivity contribution in [1.29, 1.82) is 0 Å². The zero-order valence-electron chi connectivity index (χ0n) is 6.68. The van der Waals surface area contributed by atoms with Crippen LogP contribution in [0.15, 0.2) is 12.7 Å². The van der Waals surface area contributed by atoms with E-state index in [2.05, 4.69) is 12.7 Å². The Kier molecular flexibility index (Phi) is 2.94. The van der Waals surface area contributed by atoms with E-state index in [0.717, 1.165) is 18.4 Å². The molecule has 0 aliphatic heterocycles. The summed E-state index contributed by atoms with van der Waals surface area (Å²) in [5, 5.41) is 0. The quantitative estimate of drug-likeness (QED) is 0.546. The number of allylic oxidation sites excluding steroid dienone is 1. The molecule has 0 spiro atoms. The fourth-order valence-electron chi connectivity index (χ4n) is 1.80. The molecule has 1 nitrogen and oxygen atoms in total. The molecule has 0 bridgehead atoms. The van der Waals surface area contributed by atoms with Gasteiger partial charge < -0.3 is 4.74 Å². The van der Waals surface area contributed by atoms with Crippen molar-refractivity contribution in [3.05, 3.63) is 12.7 Å². The second-order valence-corrected chi connectivity index (χ2v) is 3.05. The molecule has 1 saturated carbocycles. The summed E-state index contributed by atoms with van der Waals surface area (Å²) < 4.78 is 5.11. The Morgan fingerprint density at radius 3 is 3.00 bits per heavy atom. The van der Waals surface area contributed by atoms with Crippen LogP contribution in [0.25, 0.3) is 0 Å². The zero-order chi connectivity index (χ0) is 7.40. The Hall–Kier alpha value is -0.300.